The monoisotopic (exact) mass is 378 g/mol. The van der Waals surface area contributed by atoms with Gasteiger partial charge in [0.05, 0.1) is 0 Å². The van der Waals surface area contributed by atoms with Crippen molar-refractivity contribution >= 4 is 0 Å². The molecule has 28 heavy (non-hydrogen) atoms. The van der Waals surface area contributed by atoms with Crippen molar-refractivity contribution < 1.29 is 8.78 Å². The predicted molar refractivity (Wildman–Crippen MR) is 108 cm³/mol. The van der Waals surface area contributed by atoms with Gasteiger partial charge in [-0.1, -0.05) is 30.3 Å². The summed E-state index contributed by atoms with van der Waals surface area (Å²) < 4.78 is 27.0. The van der Waals surface area contributed by atoms with Crippen molar-refractivity contribution in [2.24, 2.45) is 5.92 Å². The van der Waals surface area contributed by atoms with E-state index in [0.717, 1.165) is 49.2 Å². The third-order valence-electron chi connectivity index (χ3n) is 5.47. The Hall–Kier alpha value is -2.59. The molecule has 0 unspecified atom stereocenters. The molecule has 4 rings (SSSR count). The Morgan fingerprint density at radius 1 is 0.821 bits per heavy atom. The topological polar surface area (TPSA) is 16.1 Å². The fraction of sp³-hybridized carbons (Fsp3) is 0.292. The number of hydrogen-bond acceptors (Lipinski definition) is 2. The number of piperidine rings is 1. The summed E-state index contributed by atoms with van der Waals surface area (Å²) in [5, 5.41) is 0. The lowest BCUT2D eigenvalue weighted by atomic mass is 9.90. The Morgan fingerprint density at radius 3 is 2.25 bits per heavy atom. The Morgan fingerprint density at radius 2 is 1.54 bits per heavy atom. The quantitative estimate of drug-likeness (QED) is 0.584. The highest BCUT2D eigenvalue weighted by Crippen LogP contribution is 2.25. The average molecular weight is 378 g/mol. The van der Waals surface area contributed by atoms with Gasteiger partial charge in [-0.15, -0.1) is 0 Å². The lowest BCUT2D eigenvalue weighted by Gasteiger charge is -2.32. The first-order valence-electron chi connectivity index (χ1n) is 9.82. The normalized spacial score (nSPS) is 15.6. The van der Waals surface area contributed by atoms with Crippen LogP contribution in [0.2, 0.25) is 0 Å². The van der Waals surface area contributed by atoms with Gasteiger partial charge in [0, 0.05) is 30.6 Å². The summed E-state index contributed by atoms with van der Waals surface area (Å²) in [7, 11) is 0. The molecule has 0 N–H and O–H groups in total. The van der Waals surface area contributed by atoms with Gasteiger partial charge < -0.3 is 0 Å². The third kappa shape index (κ3) is 4.82. The molecule has 144 valence electrons. The summed E-state index contributed by atoms with van der Waals surface area (Å²) in [6, 6.07) is 16.3. The molecule has 3 aromatic rings. The molecular formula is C24H24F2N2. The average Bonchev–Trinajstić information content (AvgIpc) is 2.70. The van der Waals surface area contributed by atoms with Gasteiger partial charge in [-0.05, 0) is 73.2 Å². The van der Waals surface area contributed by atoms with E-state index in [1.165, 1.54) is 30.5 Å². The minimum absolute atomic E-state index is 0.522. The largest absolute Gasteiger partial charge is 0.299 e. The molecule has 1 aliphatic rings. The van der Waals surface area contributed by atoms with Crippen LogP contribution in [0.15, 0.2) is 67.0 Å². The Labute approximate surface area is 164 Å². The standard InChI is InChI=1S/C24H24F2N2/c25-23-12-21(13-24(26)14-23)22-11-20(15-27-16-22)17-28-8-6-19(7-9-28)10-18-4-2-1-3-5-18/h1-5,11-16,19H,6-10,17H2. The molecule has 1 saturated heterocycles. The van der Waals surface area contributed by atoms with Crippen LogP contribution in [0.5, 0.6) is 0 Å². The molecule has 0 bridgehead atoms. The van der Waals surface area contributed by atoms with Gasteiger partial charge in [0.25, 0.3) is 0 Å². The van der Waals surface area contributed by atoms with Crippen molar-refractivity contribution in [3.05, 3.63) is 89.8 Å². The second-order valence-corrected chi connectivity index (χ2v) is 7.65. The van der Waals surface area contributed by atoms with Crippen LogP contribution in [0.4, 0.5) is 8.78 Å². The third-order valence-corrected chi connectivity index (χ3v) is 5.47. The number of nitrogens with zero attached hydrogens (tertiary/aromatic N) is 2. The highest BCUT2D eigenvalue weighted by atomic mass is 19.1. The van der Waals surface area contributed by atoms with Gasteiger partial charge in [0.15, 0.2) is 0 Å². The van der Waals surface area contributed by atoms with Crippen LogP contribution >= 0.6 is 0 Å². The highest BCUT2D eigenvalue weighted by molar-refractivity contribution is 5.63. The highest BCUT2D eigenvalue weighted by Gasteiger charge is 2.19. The van der Waals surface area contributed by atoms with E-state index in [0.29, 0.717) is 5.56 Å². The zero-order valence-corrected chi connectivity index (χ0v) is 15.8. The SMILES string of the molecule is Fc1cc(F)cc(-c2cncc(CN3CCC(Cc4ccccc4)CC3)c2)c1. The number of halogens is 2. The summed E-state index contributed by atoms with van der Waals surface area (Å²) in [5.74, 6) is -0.403. The van der Waals surface area contributed by atoms with E-state index in [9.17, 15) is 8.78 Å². The molecule has 1 aromatic heterocycles. The Balaban J connectivity index is 1.36. The maximum Gasteiger partial charge on any atom is 0.126 e. The number of rotatable bonds is 5. The van der Waals surface area contributed by atoms with Crippen LogP contribution in [0.3, 0.4) is 0 Å². The van der Waals surface area contributed by atoms with Crippen molar-refractivity contribution in [3.63, 3.8) is 0 Å². The van der Waals surface area contributed by atoms with Gasteiger partial charge >= 0.3 is 0 Å². The first kappa shape index (κ1) is 18.8. The lowest BCUT2D eigenvalue weighted by molar-refractivity contribution is 0.177. The van der Waals surface area contributed by atoms with Gasteiger partial charge in [0.1, 0.15) is 11.6 Å². The van der Waals surface area contributed by atoms with Crippen molar-refractivity contribution in [2.75, 3.05) is 13.1 Å². The molecule has 2 heterocycles. The lowest BCUT2D eigenvalue weighted by Crippen LogP contribution is -2.33. The number of pyridine rings is 1. The summed E-state index contributed by atoms with van der Waals surface area (Å²) in [4.78, 5) is 6.72. The van der Waals surface area contributed by atoms with Gasteiger partial charge in [-0.2, -0.15) is 0 Å². The maximum absolute atomic E-state index is 13.5. The molecule has 0 radical (unpaired) electrons. The van der Waals surface area contributed by atoms with E-state index in [1.807, 2.05) is 12.3 Å². The Bertz CT molecular complexity index is 899. The molecule has 1 fully saturated rings. The zero-order valence-electron chi connectivity index (χ0n) is 15.8. The van der Waals surface area contributed by atoms with Crippen LogP contribution in [0.1, 0.15) is 24.0 Å². The first-order valence-corrected chi connectivity index (χ1v) is 9.82. The zero-order chi connectivity index (χ0) is 19.3. The molecule has 0 aliphatic carbocycles. The van der Waals surface area contributed by atoms with Crippen molar-refractivity contribution in [2.45, 2.75) is 25.8 Å². The maximum atomic E-state index is 13.5. The van der Waals surface area contributed by atoms with Crippen LogP contribution in [0.25, 0.3) is 11.1 Å². The molecule has 4 heteroatoms. The van der Waals surface area contributed by atoms with Gasteiger partial charge in [-0.25, -0.2) is 8.78 Å². The van der Waals surface area contributed by atoms with Crippen molar-refractivity contribution in [1.29, 1.82) is 0 Å². The molecule has 0 saturated carbocycles. The molecule has 2 nitrogen and oxygen atoms in total. The Kier molecular flexibility index (Phi) is 5.77. The van der Waals surface area contributed by atoms with Gasteiger partial charge in [0.2, 0.25) is 0 Å². The molecule has 1 aliphatic heterocycles. The van der Waals surface area contributed by atoms with E-state index in [4.69, 9.17) is 0 Å². The fourth-order valence-electron chi connectivity index (χ4n) is 4.01. The number of likely N-dealkylation sites (tertiary alicyclic amines) is 1. The molecule has 0 atom stereocenters. The van der Waals surface area contributed by atoms with E-state index < -0.39 is 11.6 Å². The summed E-state index contributed by atoms with van der Waals surface area (Å²) in [5.41, 5.74) is 3.76. The van der Waals surface area contributed by atoms with Gasteiger partial charge in [-0.3, -0.25) is 9.88 Å². The van der Waals surface area contributed by atoms with Crippen LogP contribution in [-0.4, -0.2) is 23.0 Å². The number of aromatic nitrogens is 1. The van der Waals surface area contributed by atoms with E-state index in [-0.39, 0.29) is 0 Å². The van der Waals surface area contributed by atoms with Crippen molar-refractivity contribution in [3.8, 4) is 11.1 Å². The second kappa shape index (κ2) is 8.61. The summed E-state index contributed by atoms with van der Waals surface area (Å²) >= 11 is 0. The number of benzene rings is 2. The smallest absolute Gasteiger partial charge is 0.126 e. The predicted octanol–water partition coefficient (Wildman–Crippen LogP) is 5.48. The first-order chi connectivity index (χ1) is 13.7. The van der Waals surface area contributed by atoms with E-state index in [1.54, 1.807) is 6.20 Å². The molecule has 0 amide bonds. The fourth-order valence-corrected chi connectivity index (χ4v) is 4.01. The van der Waals surface area contributed by atoms with Crippen molar-refractivity contribution in [1.82, 2.24) is 9.88 Å². The second-order valence-electron chi connectivity index (χ2n) is 7.65. The van der Waals surface area contributed by atoms with Crippen LogP contribution in [-0.2, 0) is 13.0 Å². The summed E-state index contributed by atoms with van der Waals surface area (Å²) in [6.45, 7) is 2.95. The minimum Gasteiger partial charge on any atom is -0.299 e. The van der Waals surface area contributed by atoms with E-state index in [2.05, 4.69) is 40.2 Å². The summed E-state index contributed by atoms with van der Waals surface area (Å²) in [6.07, 6.45) is 7.03. The molecule has 2 aromatic carbocycles. The van der Waals surface area contributed by atoms with Crippen LogP contribution < -0.4 is 0 Å². The van der Waals surface area contributed by atoms with Crippen LogP contribution in [0, 0.1) is 17.6 Å². The minimum atomic E-state index is -0.569. The molecule has 0 spiro atoms. The van der Waals surface area contributed by atoms with E-state index >= 15 is 0 Å². The number of hydrogen-bond donors (Lipinski definition) is 0. The molecular weight excluding hydrogens is 354 g/mol.